The van der Waals surface area contributed by atoms with Crippen LogP contribution in [0.5, 0.6) is 0 Å². The number of hydrogen-bond donors (Lipinski definition) is 6. The van der Waals surface area contributed by atoms with E-state index in [1.165, 1.54) is 0 Å². The minimum atomic E-state index is -3.99. The van der Waals surface area contributed by atoms with Gasteiger partial charge in [-0.25, -0.2) is 0 Å². The van der Waals surface area contributed by atoms with E-state index in [1.54, 1.807) is 48.5 Å². The number of nitrogens with one attached hydrogen (secondary N) is 4. The Bertz CT molecular complexity index is 1120. The fourth-order valence-electron chi connectivity index (χ4n) is 5.32. The lowest BCUT2D eigenvalue weighted by atomic mass is 9.86. The Morgan fingerprint density at radius 2 is 1.24 bits per heavy atom. The molecule has 2 aliphatic heterocycles. The maximum atomic E-state index is 12.8. The van der Waals surface area contributed by atoms with Crippen LogP contribution in [0.1, 0.15) is 24.0 Å². The van der Waals surface area contributed by atoms with Gasteiger partial charge >= 0.3 is 22.1 Å². The topological polar surface area (TPSA) is 157 Å². The predicted molar refractivity (Wildman–Crippen MR) is 141 cm³/mol. The van der Waals surface area contributed by atoms with Crippen molar-refractivity contribution in [2.75, 3.05) is 35.6 Å². The van der Waals surface area contributed by atoms with E-state index in [-0.39, 0.29) is 11.8 Å². The van der Waals surface area contributed by atoms with Crippen molar-refractivity contribution in [2.45, 2.75) is 25.7 Å². The molecule has 10 nitrogen and oxygen atoms in total. The molecule has 2 aromatic rings. The van der Waals surface area contributed by atoms with Gasteiger partial charge in [-0.1, -0.05) is 24.3 Å². The summed E-state index contributed by atoms with van der Waals surface area (Å²) in [5, 5.41) is 25.8. The molecule has 0 bridgehead atoms. The number of aliphatic carboxylic acids is 2. The zero-order valence-electron chi connectivity index (χ0n) is 20.5. The van der Waals surface area contributed by atoms with Gasteiger partial charge in [0.1, 0.15) is 0 Å². The Hall–Kier alpha value is -3.15. The summed E-state index contributed by atoms with van der Waals surface area (Å²) in [6.45, 7) is 2.93. The molecule has 0 unspecified atom stereocenters. The van der Waals surface area contributed by atoms with Gasteiger partial charge in [0, 0.05) is 0 Å². The van der Waals surface area contributed by atoms with Gasteiger partial charge in [0.25, 0.3) is 0 Å². The highest BCUT2D eigenvalue weighted by atomic mass is 32.2. The largest absolute Gasteiger partial charge is 0.481 e. The molecule has 4 atom stereocenters. The van der Waals surface area contributed by atoms with Crippen LogP contribution in [0, 0.1) is 23.7 Å². The second-order valence-electron chi connectivity index (χ2n) is 9.91. The van der Waals surface area contributed by atoms with Gasteiger partial charge in [0.15, 0.2) is 0 Å². The van der Waals surface area contributed by atoms with Crippen LogP contribution in [0.15, 0.2) is 48.5 Å². The van der Waals surface area contributed by atoms with Crippen molar-refractivity contribution < 1.29 is 28.2 Å². The zero-order chi connectivity index (χ0) is 26.4. The van der Waals surface area contributed by atoms with Crippen LogP contribution in [0.25, 0.3) is 0 Å². The Balaban J connectivity index is 1.41. The van der Waals surface area contributed by atoms with E-state index in [9.17, 15) is 28.2 Å². The minimum Gasteiger partial charge on any atom is -0.481 e. The number of carbonyl (C=O) groups is 2. The molecule has 0 spiro atoms. The molecule has 2 saturated heterocycles. The second kappa shape index (κ2) is 11.9. The molecule has 2 aromatic carbocycles. The summed E-state index contributed by atoms with van der Waals surface area (Å²) in [6.07, 6.45) is 2.23. The van der Waals surface area contributed by atoms with Crippen molar-refractivity contribution in [1.82, 2.24) is 10.6 Å². The SMILES string of the molecule is O=C(O)[C@@H](Cc1cccc(NS(=O)(=O)Nc2cccc(C[C@H](C(=O)O)[C@H]3CCNC3)c2)c1)[C@H]1CCNC1. The van der Waals surface area contributed by atoms with Crippen molar-refractivity contribution in [3.05, 3.63) is 59.7 Å². The molecule has 200 valence electrons. The first-order valence-electron chi connectivity index (χ1n) is 12.6. The normalized spacial score (nSPS) is 21.3. The molecule has 6 N–H and O–H groups in total. The third-order valence-corrected chi connectivity index (χ3v) is 8.25. The molecule has 0 aromatic heterocycles. The Kier molecular flexibility index (Phi) is 8.67. The number of rotatable bonds is 12. The lowest BCUT2D eigenvalue weighted by Gasteiger charge is -2.19. The highest BCUT2D eigenvalue weighted by molar-refractivity contribution is 7.94. The molecule has 2 heterocycles. The van der Waals surface area contributed by atoms with Crippen LogP contribution in [0.4, 0.5) is 11.4 Å². The lowest BCUT2D eigenvalue weighted by molar-refractivity contribution is -0.144. The quantitative estimate of drug-likeness (QED) is 0.244. The zero-order valence-corrected chi connectivity index (χ0v) is 21.3. The highest BCUT2D eigenvalue weighted by Gasteiger charge is 2.31. The van der Waals surface area contributed by atoms with Crippen molar-refractivity contribution >= 4 is 33.5 Å². The van der Waals surface area contributed by atoms with Gasteiger partial charge < -0.3 is 20.8 Å². The fraction of sp³-hybridized carbons (Fsp3) is 0.462. The van der Waals surface area contributed by atoms with E-state index < -0.39 is 34.0 Å². The average molecular weight is 531 g/mol. The first-order chi connectivity index (χ1) is 17.7. The number of anilines is 2. The third-order valence-electron chi connectivity index (χ3n) is 7.24. The smallest absolute Gasteiger partial charge is 0.321 e. The van der Waals surface area contributed by atoms with Crippen LogP contribution >= 0.6 is 0 Å². The van der Waals surface area contributed by atoms with E-state index >= 15 is 0 Å². The molecule has 0 aliphatic carbocycles. The minimum absolute atomic E-state index is 0.0393. The van der Waals surface area contributed by atoms with E-state index in [0.29, 0.717) is 37.3 Å². The van der Waals surface area contributed by atoms with Crippen LogP contribution in [0.3, 0.4) is 0 Å². The molecule has 2 fully saturated rings. The summed E-state index contributed by atoms with van der Waals surface area (Å²) in [5.41, 5.74) is 2.13. The van der Waals surface area contributed by atoms with Gasteiger partial charge in [-0.2, -0.15) is 8.42 Å². The summed E-state index contributed by atoms with van der Waals surface area (Å²) in [5.74, 6) is -2.71. The fourth-order valence-corrected chi connectivity index (χ4v) is 6.24. The van der Waals surface area contributed by atoms with E-state index in [0.717, 1.165) is 37.1 Å². The maximum absolute atomic E-state index is 12.8. The Morgan fingerprint density at radius 1 is 0.811 bits per heavy atom. The second-order valence-corrected chi connectivity index (χ2v) is 11.3. The van der Waals surface area contributed by atoms with Gasteiger partial charge in [-0.05, 0) is 99.1 Å². The van der Waals surface area contributed by atoms with Gasteiger partial charge in [-0.15, -0.1) is 0 Å². The van der Waals surface area contributed by atoms with Crippen molar-refractivity contribution in [2.24, 2.45) is 23.7 Å². The summed E-state index contributed by atoms with van der Waals surface area (Å²) >= 11 is 0. The van der Waals surface area contributed by atoms with Crippen LogP contribution in [-0.4, -0.2) is 56.7 Å². The molecule has 2 aliphatic rings. The monoisotopic (exact) mass is 530 g/mol. The van der Waals surface area contributed by atoms with Crippen molar-refractivity contribution in [3.8, 4) is 0 Å². The van der Waals surface area contributed by atoms with Gasteiger partial charge in [0.05, 0.1) is 23.2 Å². The van der Waals surface area contributed by atoms with Crippen molar-refractivity contribution in [1.29, 1.82) is 0 Å². The van der Waals surface area contributed by atoms with Crippen LogP contribution < -0.4 is 20.1 Å². The van der Waals surface area contributed by atoms with Gasteiger partial charge in [-0.3, -0.25) is 19.0 Å². The van der Waals surface area contributed by atoms with Gasteiger partial charge in [0.2, 0.25) is 0 Å². The molecular formula is C26H34N4O6S. The van der Waals surface area contributed by atoms with E-state index in [2.05, 4.69) is 20.1 Å². The molecule has 0 amide bonds. The van der Waals surface area contributed by atoms with Crippen molar-refractivity contribution in [3.63, 3.8) is 0 Å². The maximum Gasteiger partial charge on any atom is 0.321 e. The van der Waals surface area contributed by atoms with E-state index in [4.69, 9.17) is 0 Å². The van der Waals surface area contributed by atoms with Crippen LogP contribution in [0.2, 0.25) is 0 Å². The Labute approximate surface area is 217 Å². The van der Waals surface area contributed by atoms with E-state index in [1.807, 2.05) is 0 Å². The molecule has 4 rings (SSSR count). The summed E-state index contributed by atoms with van der Waals surface area (Å²) in [4.78, 5) is 23.7. The third kappa shape index (κ3) is 7.43. The van der Waals surface area contributed by atoms with Crippen LogP contribution in [-0.2, 0) is 32.6 Å². The number of benzene rings is 2. The average Bonchev–Trinajstić information content (AvgIpc) is 3.55. The molecule has 11 heteroatoms. The first kappa shape index (κ1) is 26.9. The predicted octanol–water partition coefficient (Wildman–Crippen LogP) is 2.16. The molecular weight excluding hydrogens is 496 g/mol. The first-order valence-corrected chi connectivity index (χ1v) is 14.0. The molecule has 37 heavy (non-hydrogen) atoms. The number of carboxylic acid groups (broad SMARTS) is 2. The highest BCUT2D eigenvalue weighted by Crippen LogP contribution is 2.26. The summed E-state index contributed by atoms with van der Waals surface area (Å²) < 4.78 is 30.7. The standard InChI is InChI=1S/C26H34N4O6S/c31-25(32)23(19-7-9-27-15-19)13-17-3-1-5-21(11-17)29-37(35,36)30-22-6-2-4-18(12-22)14-24(26(33)34)20-8-10-28-16-20/h1-6,11-12,19-20,23-24,27-30H,7-10,13-16H2,(H,31,32)(H,33,34)/t19-,20-,23-,24-/m0/s1. The summed E-state index contributed by atoms with van der Waals surface area (Å²) in [6, 6.07) is 13.5. The number of hydrogen-bond acceptors (Lipinski definition) is 6. The lowest BCUT2D eigenvalue weighted by Crippen LogP contribution is -2.27. The Morgan fingerprint density at radius 3 is 1.59 bits per heavy atom. The molecule has 0 saturated carbocycles. The molecule has 0 radical (unpaired) electrons. The number of carboxylic acids is 2. The summed E-state index contributed by atoms with van der Waals surface area (Å²) in [7, 11) is -3.99.